The molecule has 8 nitrogen and oxygen atoms in total. The van der Waals surface area contributed by atoms with Crippen LogP contribution in [0.25, 0.3) is 0 Å². The minimum absolute atomic E-state index is 0.0372. The molecule has 1 aliphatic heterocycles. The molecule has 1 saturated heterocycles. The van der Waals surface area contributed by atoms with Crippen LogP contribution in [0.5, 0.6) is 5.75 Å². The van der Waals surface area contributed by atoms with Crippen molar-refractivity contribution in [2.24, 2.45) is 0 Å². The van der Waals surface area contributed by atoms with E-state index in [0.717, 1.165) is 18.4 Å². The summed E-state index contributed by atoms with van der Waals surface area (Å²) in [6.07, 6.45) is 3.17. The number of carbonyl (C=O) groups excluding carboxylic acids is 2. The molecule has 0 saturated carbocycles. The lowest BCUT2D eigenvalue weighted by atomic mass is 10.0. The first kappa shape index (κ1) is 23.7. The van der Waals surface area contributed by atoms with Crippen LogP contribution in [-0.4, -0.2) is 52.5 Å². The summed E-state index contributed by atoms with van der Waals surface area (Å²) >= 11 is 0. The minimum Gasteiger partial charge on any atom is -0.497 e. The lowest BCUT2D eigenvalue weighted by Crippen LogP contribution is -2.35. The summed E-state index contributed by atoms with van der Waals surface area (Å²) < 4.78 is 43.7. The van der Waals surface area contributed by atoms with Gasteiger partial charge < -0.3 is 14.2 Å². The molecule has 0 aromatic heterocycles. The van der Waals surface area contributed by atoms with Gasteiger partial charge in [-0.05, 0) is 48.7 Å². The van der Waals surface area contributed by atoms with E-state index in [-0.39, 0.29) is 22.1 Å². The van der Waals surface area contributed by atoms with E-state index in [1.165, 1.54) is 36.7 Å². The molecule has 0 spiro atoms. The highest BCUT2D eigenvalue weighted by Gasteiger charge is 2.34. The molecule has 172 valence electrons. The molecule has 1 heterocycles. The Morgan fingerprint density at radius 1 is 0.875 bits per heavy atom. The summed E-state index contributed by atoms with van der Waals surface area (Å²) in [6.45, 7) is 0.328. The van der Waals surface area contributed by atoms with Crippen LogP contribution in [0.3, 0.4) is 0 Å². The Morgan fingerprint density at radius 2 is 1.47 bits per heavy atom. The van der Waals surface area contributed by atoms with Gasteiger partial charge in [0.05, 0.1) is 43.4 Å². The van der Waals surface area contributed by atoms with Crippen molar-refractivity contribution in [3.63, 3.8) is 0 Å². The summed E-state index contributed by atoms with van der Waals surface area (Å²) in [5.41, 5.74) is 0.781. The quantitative estimate of drug-likeness (QED) is 0.606. The van der Waals surface area contributed by atoms with Crippen LogP contribution >= 0.6 is 0 Å². The number of nitrogens with zero attached hydrogens (tertiary/aromatic N) is 1. The van der Waals surface area contributed by atoms with E-state index in [0.29, 0.717) is 25.1 Å². The van der Waals surface area contributed by atoms with Crippen molar-refractivity contribution >= 4 is 22.0 Å². The van der Waals surface area contributed by atoms with Gasteiger partial charge in [-0.2, -0.15) is 4.31 Å². The molecule has 0 unspecified atom stereocenters. The molecule has 0 bridgehead atoms. The number of esters is 2. The van der Waals surface area contributed by atoms with Gasteiger partial charge in [-0.25, -0.2) is 18.0 Å². The van der Waals surface area contributed by atoms with Crippen LogP contribution in [0.1, 0.15) is 58.0 Å². The molecule has 32 heavy (non-hydrogen) atoms. The van der Waals surface area contributed by atoms with Gasteiger partial charge in [-0.1, -0.05) is 25.0 Å². The zero-order valence-electron chi connectivity index (χ0n) is 18.4. The Labute approximate surface area is 188 Å². The number of ether oxygens (including phenoxy) is 3. The first-order valence-corrected chi connectivity index (χ1v) is 11.7. The number of hydrogen-bond donors (Lipinski definition) is 0. The van der Waals surface area contributed by atoms with Crippen molar-refractivity contribution in [3.8, 4) is 5.75 Å². The molecule has 1 atom stereocenters. The van der Waals surface area contributed by atoms with Gasteiger partial charge in [0.2, 0.25) is 10.0 Å². The SMILES string of the molecule is COC(=O)c1cc(C(=O)OC)cc(S(=O)(=O)N2CCCCC[C@@H]2c2ccc(OC)cc2)c1. The van der Waals surface area contributed by atoms with Crippen molar-refractivity contribution in [3.05, 3.63) is 59.2 Å². The van der Waals surface area contributed by atoms with E-state index in [4.69, 9.17) is 14.2 Å². The Balaban J connectivity index is 2.10. The average molecular weight is 462 g/mol. The van der Waals surface area contributed by atoms with E-state index in [1.54, 1.807) is 19.2 Å². The molecule has 0 radical (unpaired) electrons. The summed E-state index contributed by atoms with van der Waals surface area (Å²) in [6, 6.07) is 10.7. The smallest absolute Gasteiger partial charge is 0.337 e. The average Bonchev–Trinajstić information content (AvgIpc) is 3.09. The van der Waals surface area contributed by atoms with Crippen molar-refractivity contribution in [2.75, 3.05) is 27.9 Å². The first-order chi connectivity index (χ1) is 15.3. The van der Waals surface area contributed by atoms with Gasteiger partial charge in [0.1, 0.15) is 5.75 Å². The van der Waals surface area contributed by atoms with Crippen LogP contribution < -0.4 is 4.74 Å². The number of carbonyl (C=O) groups is 2. The normalized spacial score (nSPS) is 17.3. The van der Waals surface area contributed by atoms with E-state index in [2.05, 4.69) is 0 Å². The van der Waals surface area contributed by atoms with E-state index < -0.39 is 22.0 Å². The Kier molecular flexibility index (Phi) is 7.52. The van der Waals surface area contributed by atoms with Gasteiger partial charge >= 0.3 is 11.9 Å². The zero-order valence-corrected chi connectivity index (χ0v) is 19.2. The van der Waals surface area contributed by atoms with Crippen molar-refractivity contribution in [1.29, 1.82) is 0 Å². The standard InChI is InChI=1S/C23H27NO7S/c1-29-19-10-8-16(9-11-19)21-7-5-4-6-12-24(21)32(27,28)20-14-17(22(25)30-2)13-18(15-20)23(26)31-3/h8-11,13-15,21H,4-7,12H2,1-3H3/t21-/m1/s1. The molecule has 0 aliphatic carbocycles. The zero-order chi connectivity index (χ0) is 23.3. The number of sulfonamides is 1. The van der Waals surface area contributed by atoms with Crippen molar-refractivity contribution in [1.82, 2.24) is 4.31 Å². The highest BCUT2D eigenvalue weighted by molar-refractivity contribution is 7.89. The second-order valence-electron chi connectivity index (χ2n) is 7.48. The van der Waals surface area contributed by atoms with Gasteiger partial charge in [0.25, 0.3) is 0 Å². The van der Waals surface area contributed by atoms with Gasteiger partial charge in [-0.15, -0.1) is 0 Å². The summed E-state index contributed by atoms with van der Waals surface area (Å²) in [5.74, 6) is -0.796. The monoisotopic (exact) mass is 461 g/mol. The van der Waals surface area contributed by atoms with Crippen LogP contribution in [-0.2, 0) is 19.5 Å². The maximum Gasteiger partial charge on any atom is 0.337 e. The predicted molar refractivity (Wildman–Crippen MR) is 117 cm³/mol. The maximum atomic E-state index is 13.8. The van der Waals surface area contributed by atoms with E-state index >= 15 is 0 Å². The Hall–Kier alpha value is -2.91. The van der Waals surface area contributed by atoms with Crippen molar-refractivity contribution < 1.29 is 32.2 Å². The topological polar surface area (TPSA) is 99.2 Å². The van der Waals surface area contributed by atoms with Crippen molar-refractivity contribution in [2.45, 2.75) is 36.6 Å². The second kappa shape index (κ2) is 10.1. The molecule has 3 rings (SSSR count). The fraction of sp³-hybridized carbons (Fsp3) is 0.391. The second-order valence-corrected chi connectivity index (χ2v) is 9.37. The highest BCUT2D eigenvalue weighted by atomic mass is 32.2. The molecule has 2 aromatic rings. The lowest BCUT2D eigenvalue weighted by molar-refractivity contribution is 0.0598. The molecule has 2 aromatic carbocycles. The van der Waals surface area contributed by atoms with E-state index in [9.17, 15) is 18.0 Å². The molecule has 9 heteroatoms. The van der Waals surface area contributed by atoms with Crippen LogP contribution in [0.2, 0.25) is 0 Å². The highest BCUT2D eigenvalue weighted by Crippen LogP contribution is 2.35. The number of hydrogen-bond acceptors (Lipinski definition) is 7. The first-order valence-electron chi connectivity index (χ1n) is 10.3. The maximum absolute atomic E-state index is 13.8. The minimum atomic E-state index is -4.04. The predicted octanol–water partition coefficient (Wildman–Crippen LogP) is 3.57. The van der Waals surface area contributed by atoms with Gasteiger partial charge in [0, 0.05) is 6.54 Å². The molecular formula is C23H27NO7S. The lowest BCUT2D eigenvalue weighted by Gasteiger charge is -2.30. The van der Waals surface area contributed by atoms with Crippen LogP contribution in [0.15, 0.2) is 47.4 Å². The third kappa shape index (κ3) is 4.94. The molecule has 0 amide bonds. The molecule has 0 N–H and O–H groups in total. The third-order valence-corrected chi connectivity index (χ3v) is 7.45. The largest absolute Gasteiger partial charge is 0.497 e. The summed E-state index contributed by atoms with van der Waals surface area (Å²) in [7, 11) is -0.0857. The molecule has 1 aliphatic rings. The summed E-state index contributed by atoms with van der Waals surface area (Å²) in [4.78, 5) is 24.1. The third-order valence-electron chi connectivity index (χ3n) is 5.56. The number of benzene rings is 2. The summed E-state index contributed by atoms with van der Waals surface area (Å²) in [5, 5.41) is 0. The number of rotatable bonds is 6. The van der Waals surface area contributed by atoms with Crippen LogP contribution in [0.4, 0.5) is 0 Å². The molecular weight excluding hydrogens is 434 g/mol. The van der Waals surface area contributed by atoms with E-state index in [1.807, 2.05) is 12.1 Å². The van der Waals surface area contributed by atoms with Gasteiger partial charge in [-0.3, -0.25) is 0 Å². The fourth-order valence-corrected chi connectivity index (χ4v) is 5.64. The molecule has 1 fully saturated rings. The van der Waals surface area contributed by atoms with Crippen LogP contribution in [0, 0.1) is 0 Å². The van der Waals surface area contributed by atoms with Gasteiger partial charge in [0.15, 0.2) is 0 Å². The fourth-order valence-electron chi connectivity index (χ4n) is 3.88. The number of methoxy groups -OCH3 is 3. The Bertz CT molecular complexity index is 1050. The Morgan fingerprint density at radius 3 is 2.00 bits per heavy atom.